The van der Waals surface area contributed by atoms with Crippen molar-refractivity contribution in [3.05, 3.63) is 36.5 Å². The number of sulfonamides is 1. The van der Waals surface area contributed by atoms with Crippen molar-refractivity contribution >= 4 is 21.7 Å². The molecule has 0 spiro atoms. The van der Waals surface area contributed by atoms with E-state index in [1.54, 1.807) is 24.3 Å². The number of hydrogen-bond donors (Lipinski definition) is 1. The number of aromatic nitrogens is 1. The monoisotopic (exact) mass is 324 g/mol. The van der Waals surface area contributed by atoms with E-state index >= 15 is 0 Å². The number of carbonyl (C=O) groups is 1. The maximum Gasteiger partial charge on any atom is 0.309 e. The summed E-state index contributed by atoms with van der Waals surface area (Å²) in [6, 6.07) is 8.98. The normalized spacial score (nSPS) is 12.6. The number of esters is 1. The molecule has 0 fully saturated rings. The van der Waals surface area contributed by atoms with Gasteiger partial charge in [-0.05, 0) is 0 Å². The number of rotatable bonds is 6. The van der Waals surface area contributed by atoms with Crippen molar-refractivity contribution in [2.24, 2.45) is 5.92 Å². The Morgan fingerprint density at radius 3 is 2.68 bits per heavy atom. The van der Waals surface area contributed by atoms with Crippen LogP contribution in [0.25, 0.3) is 11.3 Å². The summed E-state index contributed by atoms with van der Waals surface area (Å²) < 4.78 is 36.3. The highest BCUT2D eigenvalue weighted by Crippen LogP contribution is 2.28. The van der Waals surface area contributed by atoms with Gasteiger partial charge in [-0.2, -0.15) is 0 Å². The van der Waals surface area contributed by atoms with E-state index in [2.05, 4.69) is 14.6 Å². The molecular weight excluding hydrogens is 308 g/mol. The highest BCUT2D eigenvalue weighted by atomic mass is 32.2. The number of carbonyl (C=O) groups excluding carboxylic acids is 1. The predicted molar refractivity (Wildman–Crippen MR) is 80.5 cm³/mol. The fraction of sp³-hybridized carbons (Fsp3) is 0.286. The van der Waals surface area contributed by atoms with Crippen LogP contribution < -0.4 is 4.72 Å². The molecule has 7 nitrogen and oxygen atoms in total. The minimum atomic E-state index is -3.74. The molecule has 118 valence electrons. The van der Waals surface area contributed by atoms with E-state index in [0.29, 0.717) is 11.3 Å². The maximum atomic E-state index is 12.1. The zero-order chi connectivity index (χ0) is 16.2. The lowest BCUT2D eigenvalue weighted by molar-refractivity contribution is -0.144. The van der Waals surface area contributed by atoms with Crippen molar-refractivity contribution in [3.8, 4) is 11.3 Å². The molecule has 2 aromatic rings. The summed E-state index contributed by atoms with van der Waals surface area (Å²) in [5, 5.41) is 3.62. The van der Waals surface area contributed by atoms with Gasteiger partial charge in [-0.25, -0.2) is 8.42 Å². The Morgan fingerprint density at radius 2 is 2.05 bits per heavy atom. The summed E-state index contributed by atoms with van der Waals surface area (Å²) in [5.74, 6) is -1.43. The Labute approximate surface area is 128 Å². The van der Waals surface area contributed by atoms with Gasteiger partial charge in [-0.15, -0.1) is 0 Å². The number of ether oxygens (including phenoxy) is 1. The highest BCUT2D eigenvalue weighted by molar-refractivity contribution is 7.92. The zero-order valence-electron chi connectivity index (χ0n) is 12.1. The second-order valence-electron chi connectivity index (χ2n) is 4.74. The van der Waals surface area contributed by atoms with E-state index in [4.69, 9.17) is 4.52 Å². The third-order valence-electron chi connectivity index (χ3n) is 2.94. The lowest BCUT2D eigenvalue weighted by Crippen LogP contribution is -2.26. The van der Waals surface area contributed by atoms with Crippen LogP contribution in [0.5, 0.6) is 0 Å². The molecular formula is C14H16N2O5S. The second kappa shape index (κ2) is 6.61. The van der Waals surface area contributed by atoms with Gasteiger partial charge in [0.1, 0.15) is 5.69 Å². The van der Waals surface area contributed by atoms with Gasteiger partial charge in [0.25, 0.3) is 0 Å². The quantitative estimate of drug-likeness (QED) is 0.815. The summed E-state index contributed by atoms with van der Waals surface area (Å²) in [6.07, 6.45) is 1.28. The van der Waals surface area contributed by atoms with Gasteiger partial charge in [-0.1, -0.05) is 42.4 Å². The second-order valence-corrected chi connectivity index (χ2v) is 6.51. The van der Waals surface area contributed by atoms with Crippen molar-refractivity contribution in [1.82, 2.24) is 5.16 Å². The average Bonchev–Trinajstić information content (AvgIpc) is 2.94. The molecule has 2 rings (SSSR count). The van der Waals surface area contributed by atoms with Crippen molar-refractivity contribution in [2.45, 2.75) is 6.92 Å². The first-order chi connectivity index (χ1) is 10.4. The van der Waals surface area contributed by atoms with E-state index in [1.165, 1.54) is 20.2 Å². The molecule has 1 heterocycles. The van der Waals surface area contributed by atoms with Crippen LogP contribution >= 0.6 is 0 Å². The summed E-state index contributed by atoms with van der Waals surface area (Å²) in [7, 11) is -2.53. The molecule has 0 bridgehead atoms. The van der Waals surface area contributed by atoms with Crippen LogP contribution in [0.2, 0.25) is 0 Å². The molecule has 0 saturated carbocycles. The molecule has 0 aliphatic rings. The number of benzene rings is 1. The molecule has 0 aliphatic heterocycles. The summed E-state index contributed by atoms with van der Waals surface area (Å²) in [4.78, 5) is 11.3. The van der Waals surface area contributed by atoms with Gasteiger partial charge in [0.05, 0.1) is 25.0 Å². The van der Waals surface area contributed by atoms with E-state index < -0.39 is 21.9 Å². The smallest absolute Gasteiger partial charge is 0.309 e. The van der Waals surface area contributed by atoms with Gasteiger partial charge in [0.2, 0.25) is 10.0 Å². The van der Waals surface area contributed by atoms with E-state index in [1.807, 2.05) is 6.07 Å². The third kappa shape index (κ3) is 3.85. The molecule has 0 amide bonds. The Balaban J connectivity index is 2.18. The van der Waals surface area contributed by atoms with Crippen LogP contribution in [0.1, 0.15) is 6.92 Å². The van der Waals surface area contributed by atoms with Gasteiger partial charge in [-0.3, -0.25) is 9.52 Å². The third-order valence-corrected chi connectivity index (χ3v) is 4.41. The largest absolute Gasteiger partial charge is 0.469 e. The van der Waals surface area contributed by atoms with Crippen molar-refractivity contribution in [3.63, 3.8) is 0 Å². The van der Waals surface area contributed by atoms with Crippen LogP contribution in [0.4, 0.5) is 5.69 Å². The fourth-order valence-electron chi connectivity index (χ4n) is 1.92. The lowest BCUT2D eigenvalue weighted by atomic mass is 10.1. The van der Waals surface area contributed by atoms with Crippen LogP contribution in [0.15, 0.2) is 41.1 Å². The predicted octanol–water partition coefficient (Wildman–Crippen LogP) is 1.89. The molecule has 1 aromatic heterocycles. The minimum Gasteiger partial charge on any atom is -0.469 e. The number of methoxy groups -OCH3 is 1. The van der Waals surface area contributed by atoms with Gasteiger partial charge in [0, 0.05) is 5.56 Å². The molecule has 1 atom stereocenters. The SMILES string of the molecule is COC(=O)[C@H](C)CS(=O)(=O)Nc1cnoc1-c1ccccc1. The maximum absolute atomic E-state index is 12.1. The average molecular weight is 324 g/mol. The molecule has 1 N–H and O–H groups in total. The molecule has 0 aliphatic carbocycles. The lowest BCUT2D eigenvalue weighted by Gasteiger charge is -2.11. The highest BCUT2D eigenvalue weighted by Gasteiger charge is 2.24. The fourth-order valence-corrected chi connectivity index (χ4v) is 3.28. The molecule has 0 radical (unpaired) electrons. The summed E-state index contributed by atoms with van der Waals surface area (Å²) in [6.45, 7) is 1.48. The first-order valence-corrected chi connectivity index (χ1v) is 8.16. The summed E-state index contributed by atoms with van der Waals surface area (Å²) in [5.41, 5.74) is 0.919. The molecule has 8 heteroatoms. The summed E-state index contributed by atoms with van der Waals surface area (Å²) >= 11 is 0. The van der Waals surface area contributed by atoms with Crippen molar-refractivity contribution < 1.29 is 22.5 Å². The number of nitrogens with zero attached hydrogens (tertiary/aromatic N) is 1. The van der Waals surface area contributed by atoms with E-state index in [0.717, 1.165) is 0 Å². The van der Waals surface area contributed by atoms with E-state index in [9.17, 15) is 13.2 Å². The van der Waals surface area contributed by atoms with Crippen molar-refractivity contribution in [1.29, 1.82) is 0 Å². The Hall–Kier alpha value is -2.35. The first kappa shape index (κ1) is 16.0. The Bertz CT molecular complexity index is 740. The Kier molecular flexibility index (Phi) is 4.81. The van der Waals surface area contributed by atoms with Crippen LogP contribution in [-0.4, -0.2) is 32.4 Å². The molecule has 0 unspecified atom stereocenters. The number of anilines is 1. The minimum absolute atomic E-state index is 0.225. The van der Waals surface area contributed by atoms with Crippen LogP contribution in [0.3, 0.4) is 0 Å². The van der Waals surface area contributed by atoms with Gasteiger partial charge in [0.15, 0.2) is 5.76 Å². The molecule has 0 saturated heterocycles. The zero-order valence-corrected chi connectivity index (χ0v) is 13.0. The van der Waals surface area contributed by atoms with Gasteiger partial charge >= 0.3 is 5.97 Å². The number of hydrogen-bond acceptors (Lipinski definition) is 6. The Morgan fingerprint density at radius 1 is 1.36 bits per heavy atom. The topological polar surface area (TPSA) is 98.5 Å². The first-order valence-electron chi connectivity index (χ1n) is 6.51. The van der Waals surface area contributed by atoms with Gasteiger partial charge < -0.3 is 9.26 Å². The number of nitrogens with one attached hydrogen (secondary N) is 1. The molecule has 22 heavy (non-hydrogen) atoms. The van der Waals surface area contributed by atoms with Crippen LogP contribution in [-0.2, 0) is 19.6 Å². The van der Waals surface area contributed by atoms with Crippen LogP contribution in [0, 0.1) is 5.92 Å². The standard InChI is InChI=1S/C14H16N2O5S/c1-10(14(17)20-2)9-22(18,19)16-12-8-15-21-13(12)11-6-4-3-5-7-11/h3-8,10,16H,9H2,1-2H3/t10-/m1/s1. The molecule has 1 aromatic carbocycles. The van der Waals surface area contributed by atoms with Crippen molar-refractivity contribution in [2.75, 3.05) is 17.6 Å². The van der Waals surface area contributed by atoms with E-state index in [-0.39, 0.29) is 11.4 Å².